The third kappa shape index (κ3) is 2.08. The average Bonchev–Trinajstić information content (AvgIpc) is 2.45. The second-order valence-electron chi connectivity index (χ2n) is 5.26. The van der Waals surface area contributed by atoms with Crippen LogP contribution in [0.4, 0.5) is 0 Å². The maximum atomic E-state index is 11.6. The molecule has 0 radical (unpaired) electrons. The van der Waals surface area contributed by atoms with Gasteiger partial charge in [0.1, 0.15) is 0 Å². The molecule has 0 aromatic carbocycles. The normalized spacial score (nSPS) is 33.1. The summed E-state index contributed by atoms with van der Waals surface area (Å²) in [5, 5.41) is 0. The Hall–Kier alpha value is -0.570. The van der Waals surface area contributed by atoms with Crippen LogP contribution in [0.1, 0.15) is 33.6 Å². The van der Waals surface area contributed by atoms with Crippen LogP contribution in [0.25, 0.3) is 0 Å². The molecule has 0 heterocycles. The number of rotatable bonds is 1. The first-order chi connectivity index (χ1) is 6.38. The summed E-state index contributed by atoms with van der Waals surface area (Å²) in [7, 11) is 1.44. The van der Waals surface area contributed by atoms with E-state index in [4.69, 9.17) is 10.5 Å². The number of esters is 1. The van der Waals surface area contributed by atoms with E-state index < -0.39 is 0 Å². The minimum Gasteiger partial charge on any atom is -0.469 e. The molecular formula is C11H21NO2. The molecule has 1 rings (SSSR count). The van der Waals surface area contributed by atoms with Crippen molar-refractivity contribution in [2.45, 2.75) is 39.7 Å². The van der Waals surface area contributed by atoms with E-state index in [1.54, 1.807) is 0 Å². The largest absolute Gasteiger partial charge is 0.469 e. The van der Waals surface area contributed by atoms with E-state index in [0.29, 0.717) is 5.92 Å². The smallest absolute Gasteiger partial charge is 0.310 e. The van der Waals surface area contributed by atoms with Crippen LogP contribution in [0.5, 0.6) is 0 Å². The van der Waals surface area contributed by atoms with Crippen molar-refractivity contribution in [3.05, 3.63) is 0 Å². The number of nitrogens with two attached hydrogens (primary N) is 1. The lowest BCUT2D eigenvalue weighted by Crippen LogP contribution is -2.39. The number of hydrogen-bond acceptors (Lipinski definition) is 3. The molecule has 82 valence electrons. The molecule has 1 saturated carbocycles. The molecule has 0 amide bonds. The molecule has 1 aliphatic carbocycles. The van der Waals surface area contributed by atoms with Gasteiger partial charge in [-0.15, -0.1) is 0 Å². The van der Waals surface area contributed by atoms with Crippen molar-refractivity contribution in [3.63, 3.8) is 0 Å². The number of carbonyl (C=O) groups excluding carboxylic acids is 1. The molecular weight excluding hydrogens is 178 g/mol. The quantitative estimate of drug-likeness (QED) is 0.652. The van der Waals surface area contributed by atoms with Crippen LogP contribution >= 0.6 is 0 Å². The van der Waals surface area contributed by atoms with Gasteiger partial charge < -0.3 is 10.5 Å². The monoisotopic (exact) mass is 199 g/mol. The Morgan fingerprint density at radius 3 is 2.36 bits per heavy atom. The minimum atomic E-state index is -0.144. The van der Waals surface area contributed by atoms with E-state index >= 15 is 0 Å². The molecule has 3 heteroatoms. The number of methoxy groups -OCH3 is 1. The SMILES string of the molecule is COC(=O)[C@H]1[C@@H](N)CC[C@@H]1C(C)(C)C. The number of carbonyl (C=O) groups is 1. The zero-order valence-electron chi connectivity index (χ0n) is 9.54. The molecule has 3 nitrogen and oxygen atoms in total. The zero-order chi connectivity index (χ0) is 10.9. The van der Waals surface area contributed by atoms with Crippen LogP contribution in [-0.4, -0.2) is 19.1 Å². The molecule has 0 aromatic heterocycles. The van der Waals surface area contributed by atoms with Crippen LogP contribution in [-0.2, 0) is 9.53 Å². The lowest BCUT2D eigenvalue weighted by atomic mass is 9.74. The molecule has 1 fully saturated rings. The molecule has 0 saturated heterocycles. The summed E-state index contributed by atoms with van der Waals surface area (Å²) in [5.74, 6) is 0.0971. The molecule has 0 aliphatic heterocycles. The lowest BCUT2D eigenvalue weighted by molar-refractivity contribution is -0.148. The van der Waals surface area contributed by atoms with Gasteiger partial charge in [0.2, 0.25) is 0 Å². The molecule has 14 heavy (non-hydrogen) atoms. The highest BCUT2D eigenvalue weighted by Crippen LogP contribution is 2.43. The zero-order valence-corrected chi connectivity index (χ0v) is 9.54. The fourth-order valence-electron chi connectivity index (χ4n) is 2.48. The van der Waals surface area contributed by atoms with E-state index in [2.05, 4.69) is 20.8 Å². The van der Waals surface area contributed by atoms with Crippen molar-refractivity contribution < 1.29 is 9.53 Å². The van der Waals surface area contributed by atoms with Gasteiger partial charge in [-0.1, -0.05) is 20.8 Å². The van der Waals surface area contributed by atoms with Crippen molar-refractivity contribution in [2.24, 2.45) is 23.0 Å². The topological polar surface area (TPSA) is 52.3 Å². The van der Waals surface area contributed by atoms with Crippen molar-refractivity contribution >= 4 is 5.97 Å². The van der Waals surface area contributed by atoms with Crippen molar-refractivity contribution in [2.75, 3.05) is 7.11 Å². The predicted molar refractivity (Wildman–Crippen MR) is 55.7 cm³/mol. The van der Waals surface area contributed by atoms with Crippen molar-refractivity contribution in [1.29, 1.82) is 0 Å². The molecule has 0 spiro atoms. The summed E-state index contributed by atoms with van der Waals surface area (Å²) in [6.45, 7) is 6.48. The third-order valence-electron chi connectivity index (χ3n) is 3.29. The van der Waals surface area contributed by atoms with Crippen molar-refractivity contribution in [1.82, 2.24) is 0 Å². The van der Waals surface area contributed by atoms with E-state index in [9.17, 15) is 4.79 Å². The molecule has 2 N–H and O–H groups in total. The van der Waals surface area contributed by atoms with Gasteiger partial charge in [-0.2, -0.15) is 0 Å². The first-order valence-corrected chi connectivity index (χ1v) is 5.21. The fourth-order valence-corrected chi connectivity index (χ4v) is 2.48. The molecule has 0 unspecified atom stereocenters. The van der Waals surface area contributed by atoms with Crippen LogP contribution in [0, 0.1) is 17.3 Å². The molecule has 3 atom stereocenters. The van der Waals surface area contributed by atoms with E-state index in [-0.39, 0.29) is 23.3 Å². The third-order valence-corrected chi connectivity index (χ3v) is 3.29. The second-order valence-corrected chi connectivity index (χ2v) is 5.26. The minimum absolute atomic E-state index is 0.0216. The second kappa shape index (κ2) is 3.89. The summed E-state index contributed by atoms with van der Waals surface area (Å²) in [4.78, 5) is 11.6. The highest BCUT2D eigenvalue weighted by molar-refractivity contribution is 5.74. The highest BCUT2D eigenvalue weighted by atomic mass is 16.5. The number of ether oxygens (including phenoxy) is 1. The van der Waals surface area contributed by atoms with E-state index in [1.165, 1.54) is 7.11 Å². The van der Waals surface area contributed by atoms with Crippen molar-refractivity contribution in [3.8, 4) is 0 Å². The van der Waals surface area contributed by atoms with Gasteiger partial charge in [0.25, 0.3) is 0 Å². The summed E-state index contributed by atoms with van der Waals surface area (Å²) in [5.41, 5.74) is 6.07. The van der Waals surface area contributed by atoms with Gasteiger partial charge >= 0.3 is 5.97 Å². The molecule has 1 aliphatic rings. The van der Waals surface area contributed by atoms with Gasteiger partial charge in [0, 0.05) is 6.04 Å². The first-order valence-electron chi connectivity index (χ1n) is 5.21. The van der Waals surface area contributed by atoms with Gasteiger partial charge in [-0.3, -0.25) is 4.79 Å². The summed E-state index contributed by atoms with van der Waals surface area (Å²) in [6, 6.07) is -0.0216. The Morgan fingerprint density at radius 2 is 1.93 bits per heavy atom. The Kier molecular flexibility index (Phi) is 3.20. The van der Waals surface area contributed by atoms with Crippen LogP contribution < -0.4 is 5.73 Å². The Labute approximate surface area is 86.0 Å². The standard InChI is InChI=1S/C11H21NO2/c1-11(2,3)7-5-6-8(12)9(7)10(13)14-4/h7-9H,5-6,12H2,1-4H3/t7-,8-,9+/m0/s1. The van der Waals surface area contributed by atoms with Crippen LogP contribution in [0.2, 0.25) is 0 Å². The van der Waals surface area contributed by atoms with Gasteiger partial charge in [0.05, 0.1) is 13.0 Å². The van der Waals surface area contributed by atoms with Gasteiger partial charge in [0.15, 0.2) is 0 Å². The van der Waals surface area contributed by atoms with Gasteiger partial charge in [-0.05, 0) is 24.2 Å². The molecule has 0 aromatic rings. The van der Waals surface area contributed by atoms with E-state index in [1.807, 2.05) is 0 Å². The Bertz CT molecular complexity index is 220. The highest BCUT2D eigenvalue weighted by Gasteiger charge is 2.45. The maximum Gasteiger partial charge on any atom is 0.310 e. The summed E-state index contributed by atoms with van der Waals surface area (Å²) in [6.07, 6.45) is 1.96. The van der Waals surface area contributed by atoms with E-state index in [0.717, 1.165) is 12.8 Å². The van der Waals surface area contributed by atoms with Crippen LogP contribution in [0.15, 0.2) is 0 Å². The maximum absolute atomic E-state index is 11.6. The first kappa shape index (κ1) is 11.5. The predicted octanol–water partition coefficient (Wildman–Crippen LogP) is 1.56. The summed E-state index contributed by atoms with van der Waals surface area (Å²) >= 11 is 0. The summed E-state index contributed by atoms with van der Waals surface area (Å²) < 4.78 is 4.81. The molecule has 0 bridgehead atoms. The Balaban J connectivity index is 2.82. The van der Waals surface area contributed by atoms with Crippen LogP contribution in [0.3, 0.4) is 0 Å². The number of hydrogen-bond donors (Lipinski definition) is 1. The average molecular weight is 199 g/mol. The fraction of sp³-hybridized carbons (Fsp3) is 0.909. The van der Waals surface area contributed by atoms with Gasteiger partial charge in [-0.25, -0.2) is 0 Å². The Morgan fingerprint density at radius 1 is 1.36 bits per heavy atom. The lowest BCUT2D eigenvalue weighted by Gasteiger charge is -2.31.